The van der Waals surface area contributed by atoms with E-state index >= 15 is 0 Å². The van der Waals surface area contributed by atoms with Gasteiger partial charge in [0.1, 0.15) is 15.8 Å². The molecule has 1 aromatic heterocycles. The highest BCUT2D eigenvalue weighted by molar-refractivity contribution is 7.93. The number of halogens is 1. The topological polar surface area (TPSA) is 88.6 Å². The molecule has 7 nitrogen and oxygen atoms in total. The summed E-state index contributed by atoms with van der Waals surface area (Å²) in [7, 11) is -1.11. The van der Waals surface area contributed by atoms with Gasteiger partial charge in [0.2, 0.25) is 0 Å². The Kier molecular flexibility index (Phi) is 6.05. The number of rotatable bonds is 6. The van der Waals surface area contributed by atoms with E-state index < -0.39 is 15.9 Å². The van der Waals surface area contributed by atoms with Crippen LogP contribution in [0.3, 0.4) is 0 Å². The molecule has 0 aliphatic carbocycles. The number of aromatic nitrogens is 1. The lowest BCUT2D eigenvalue weighted by Crippen LogP contribution is -2.29. The summed E-state index contributed by atoms with van der Waals surface area (Å²) in [6, 6.07) is 16.0. The van der Waals surface area contributed by atoms with E-state index in [9.17, 15) is 13.2 Å². The number of pyridine rings is 1. The van der Waals surface area contributed by atoms with Crippen molar-refractivity contribution in [1.82, 2.24) is 4.98 Å². The van der Waals surface area contributed by atoms with Crippen molar-refractivity contribution in [3.63, 3.8) is 0 Å². The number of carbonyl (C=O) groups is 1. The zero-order chi connectivity index (χ0) is 21.0. The molecule has 0 fully saturated rings. The maximum atomic E-state index is 13.0. The third kappa shape index (κ3) is 4.33. The molecule has 0 aliphatic rings. The summed E-state index contributed by atoms with van der Waals surface area (Å²) < 4.78 is 32.1. The number of sulfonamides is 1. The van der Waals surface area contributed by atoms with Crippen LogP contribution in [-0.2, 0) is 10.0 Å². The number of hydrogen-bond acceptors (Lipinski definition) is 5. The van der Waals surface area contributed by atoms with Crippen LogP contribution in [0.5, 0.6) is 5.75 Å². The van der Waals surface area contributed by atoms with Gasteiger partial charge < -0.3 is 10.1 Å². The van der Waals surface area contributed by atoms with Crippen LogP contribution in [0.1, 0.15) is 10.4 Å². The second kappa shape index (κ2) is 8.50. The van der Waals surface area contributed by atoms with Crippen molar-refractivity contribution in [2.75, 3.05) is 23.8 Å². The molecule has 2 aromatic carbocycles. The van der Waals surface area contributed by atoms with Crippen LogP contribution >= 0.6 is 11.6 Å². The van der Waals surface area contributed by atoms with Crippen molar-refractivity contribution < 1.29 is 17.9 Å². The molecule has 29 heavy (non-hydrogen) atoms. The number of ether oxygens (including phenoxy) is 1. The summed E-state index contributed by atoms with van der Waals surface area (Å²) in [5.41, 5.74) is 0.944. The molecule has 3 aromatic rings. The van der Waals surface area contributed by atoms with Gasteiger partial charge in [-0.15, -0.1) is 0 Å². The molecule has 150 valence electrons. The van der Waals surface area contributed by atoms with Crippen LogP contribution < -0.4 is 14.4 Å². The zero-order valence-corrected chi connectivity index (χ0v) is 17.2. The number of para-hydroxylation sites is 1. The molecular weight excluding hydrogens is 414 g/mol. The molecule has 0 bridgehead atoms. The predicted molar refractivity (Wildman–Crippen MR) is 112 cm³/mol. The van der Waals surface area contributed by atoms with Crippen molar-refractivity contribution in [3.05, 3.63) is 77.6 Å². The predicted octanol–water partition coefficient (Wildman–Crippen LogP) is 3.82. The zero-order valence-electron chi connectivity index (χ0n) is 15.7. The minimum atomic E-state index is -4.02. The number of nitrogens with zero attached hydrogens (tertiary/aromatic N) is 2. The first-order valence-corrected chi connectivity index (χ1v) is 10.3. The van der Waals surface area contributed by atoms with E-state index in [0.29, 0.717) is 11.4 Å². The lowest BCUT2D eigenvalue weighted by molar-refractivity contribution is 0.102. The van der Waals surface area contributed by atoms with Crippen LogP contribution in [0.2, 0.25) is 5.15 Å². The lowest BCUT2D eigenvalue weighted by atomic mass is 10.1. The Labute approximate surface area is 174 Å². The minimum Gasteiger partial charge on any atom is -0.497 e. The molecule has 0 saturated carbocycles. The number of carbonyl (C=O) groups excluding carboxylic acids is 1. The van der Waals surface area contributed by atoms with Gasteiger partial charge >= 0.3 is 0 Å². The highest BCUT2D eigenvalue weighted by Gasteiger charge is 2.27. The van der Waals surface area contributed by atoms with Gasteiger partial charge in [0.25, 0.3) is 15.9 Å². The SMILES string of the molecule is COc1ccc(NC(=O)c2ccccc2N(C)S(=O)(=O)c2cccnc2Cl)cc1. The van der Waals surface area contributed by atoms with Crippen LogP contribution in [-0.4, -0.2) is 33.5 Å². The summed E-state index contributed by atoms with van der Waals surface area (Å²) in [5, 5.41) is 2.61. The molecule has 1 amide bonds. The molecule has 3 rings (SSSR count). The second-order valence-corrected chi connectivity index (χ2v) is 8.26. The monoisotopic (exact) mass is 431 g/mol. The van der Waals surface area contributed by atoms with Gasteiger partial charge in [-0.2, -0.15) is 0 Å². The summed E-state index contributed by atoms with van der Waals surface area (Å²) in [6.07, 6.45) is 1.40. The number of methoxy groups -OCH3 is 1. The third-order valence-electron chi connectivity index (χ3n) is 4.20. The first kappa shape index (κ1) is 20.6. The Morgan fingerprint density at radius 1 is 1.07 bits per heavy atom. The number of amides is 1. The highest BCUT2D eigenvalue weighted by Crippen LogP contribution is 2.29. The Morgan fingerprint density at radius 3 is 2.41 bits per heavy atom. The number of nitrogens with one attached hydrogen (secondary N) is 1. The van der Waals surface area contributed by atoms with E-state index in [0.717, 1.165) is 4.31 Å². The maximum Gasteiger partial charge on any atom is 0.267 e. The Balaban J connectivity index is 1.93. The van der Waals surface area contributed by atoms with Gasteiger partial charge in [0, 0.05) is 18.9 Å². The minimum absolute atomic E-state index is 0.139. The van der Waals surface area contributed by atoms with Crippen LogP contribution in [0.25, 0.3) is 0 Å². The smallest absolute Gasteiger partial charge is 0.267 e. The number of benzene rings is 2. The quantitative estimate of drug-likeness (QED) is 0.599. The molecule has 1 heterocycles. The van der Waals surface area contributed by atoms with Gasteiger partial charge in [-0.3, -0.25) is 9.10 Å². The fourth-order valence-electron chi connectivity index (χ4n) is 2.65. The van der Waals surface area contributed by atoms with Crippen molar-refractivity contribution in [1.29, 1.82) is 0 Å². The molecule has 1 N–H and O–H groups in total. The van der Waals surface area contributed by atoms with Crippen LogP contribution in [0.15, 0.2) is 71.8 Å². The molecule has 0 spiro atoms. The molecule has 0 radical (unpaired) electrons. The van der Waals surface area contributed by atoms with Crippen molar-refractivity contribution in [2.45, 2.75) is 4.90 Å². The van der Waals surface area contributed by atoms with Gasteiger partial charge in [0.15, 0.2) is 0 Å². The lowest BCUT2D eigenvalue weighted by Gasteiger charge is -2.22. The first-order chi connectivity index (χ1) is 13.8. The summed E-state index contributed by atoms with van der Waals surface area (Å²) >= 11 is 5.97. The van der Waals surface area contributed by atoms with Crippen LogP contribution in [0.4, 0.5) is 11.4 Å². The normalized spacial score (nSPS) is 11.0. The molecule has 0 aliphatic heterocycles. The fourth-order valence-corrected chi connectivity index (χ4v) is 4.29. The Morgan fingerprint density at radius 2 is 1.76 bits per heavy atom. The molecular formula is C20H18ClN3O4S. The van der Waals surface area contributed by atoms with Crippen molar-refractivity contribution in [2.24, 2.45) is 0 Å². The average Bonchev–Trinajstić information content (AvgIpc) is 2.74. The summed E-state index contributed by atoms with van der Waals surface area (Å²) in [5.74, 6) is 0.202. The fraction of sp³-hybridized carbons (Fsp3) is 0.100. The van der Waals surface area contributed by atoms with E-state index in [4.69, 9.17) is 16.3 Å². The first-order valence-electron chi connectivity index (χ1n) is 8.48. The van der Waals surface area contributed by atoms with Crippen molar-refractivity contribution in [3.8, 4) is 5.75 Å². The molecule has 0 unspecified atom stereocenters. The number of hydrogen-bond donors (Lipinski definition) is 1. The van der Waals surface area contributed by atoms with Gasteiger partial charge in [-0.05, 0) is 48.5 Å². The maximum absolute atomic E-state index is 13.0. The Bertz CT molecular complexity index is 1130. The summed E-state index contributed by atoms with van der Waals surface area (Å²) in [4.78, 5) is 16.5. The van der Waals surface area contributed by atoms with Crippen molar-refractivity contribution >= 4 is 38.9 Å². The van der Waals surface area contributed by atoms with E-state index in [1.165, 1.54) is 25.4 Å². The highest BCUT2D eigenvalue weighted by atomic mass is 35.5. The van der Waals surface area contributed by atoms with E-state index in [1.807, 2.05) is 0 Å². The van der Waals surface area contributed by atoms with Crippen LogP contribution in [0, 0.1) is 0 Å². The number of anilines is 2. The molecule has 0 saturated heterocycles. The van der Waals surface area contributed by atoms with Gasteiger partial charge in [-0.1, -0.05) is 23.7 Å². The molecule has 0 atom stereocenters. The average molecular weight is 432 g/mol. The second-order valence-electron chi connectivity index (χ2n) is 5.96. The third-order valence-corrected chi connectivity index (χ3v) is 6.42. The van der Waals surface area contributed by atoms with Gasteiger partial charge in [0.05, 0.1) is 18.4 Å². The van der Waals surface area contributed by atoms with Gasteiger partial charge in [-0.25, -0.2) is 13.4 Å². The van der Waals surface area contributed by atoms with E-state index in [1.54, 1.807) is 55.6 Å². The summed E-state index contributed by atoms with van der Waals surface area (Å²) in [6.45, 7) is 0. The Hall–Kier alpha value is -3.10. The largest absolute Gasteiger partial charge is 0.497 e. The van der Waals surface area contributed by atoms with E-state index in [2.05, 4.69) is 10.3 Å². The standard InChI is InChI=1S/C20H18ClN3O4S/c1-24(29(26,27)18-8-5-13-22-19(18)21)17-7-4-3-6-16(17)20(25)23-14-9-11-15(28-2)12-10-14/h3-13H,1-2H3,(H,23,25). The molecule has 9 heteroatoms. The van der Waals surface area contributed by atoms with E-state index in [-0.39, 0.29) is 21.3 Å².